The quantitative estimate of drug-likeness (QED) is 0.665. The van der Waals surface area contributed by atoms with Crippen molar-refractivity contribution in [2.24, 2.45) is 11.8 Å². The summed E-state index contributed by atoms with van der Waals surface area (Å²) in [6.07, 6.45) is 3.48. The molecule has 0 N–H and O–H groups in total. The zero-order valence-corrected chi connectivity index (χ0v) is 9.99. The van der Waals surface area contributed by atoms with Gasteiger partial charge < -0.3 is 4.57 Å². The van der Waals surface area contributed by atoms with Crippen LogP contribution >= 0.6 is 7.14 Å². The van der Waals surface area contributed by atoms with Crippen LogP contribution in [-0.2, 0) is 4.57 Å². The van der Waals surface area contributed by atoms with Crippen LogP contribution in [0.1, 0.15) is 19.8 Å². The summed E-state index contributed by atoms with van der Waals surface area (Å²) in [5.74, 6) is 1.43. The third-order valence-corrected chi connectivity index (χ3v) is 8.40. The Morgan fingerprint density at radius 1 is 1.20 bits per heavy atom. The Morgan fingerprint density at radius 3 is 2.47 bits per heavy atom. The van der Waals surface area contributed by atoms with Crippen molar-refractivity contribution in [1.29, 1.82) is 0 Å². The van der Waals surface area contributed by atoms with Crippen LogP contribution in [0.15, 0.2) is 30.3 Å². The standard InChI is InChI=1S/C13H17OP/c1-10-11-7-8-13(10)15(14,9-11)12-5-3-2-4-6-12/h2-6,10-11,13H,7-9H2,1H3/t10?,11-,13?,15+/m1/s1. The van der Waals surface area contributed by atoms with Gasteiger partial charge in [0.1, 0.15) is 7.14 Å². The Kier molecular flexibility index (Phi) is 2.07. The lowest BCUT2D eigenvalue weighted by Crippen LogP contribution is -2.16. The van der Waals surface area contributed by atoms with E-state index in [0.717, 1.165) is 17.4 Å². The van der Waals surface area contributed by atoms with Gasteiger partial charge in [0.05, 0.1) is 0 Å². The first-order valence-corrected chi connectivity index (χ1v) is 7.82. The van der Waals surface area contributed by atoms with Crippen LogP contribution in [0.4, 0.5) is 0 Å². The van der Waals surface area contributed by atoms with Gasteiger partial charge in [-0.1, -0.05) is 37.3 Å². The van der Waals surface area contributed by atoms with Crippen molar-refractivity contribution < 1.29 is 4.57 Å². The molecule has 2 bridgehead atoms. The molecule has 2 unspecified atom stereocenters. The molecule has 2 aliphatic rings. The van der Waals surface area contributed by atoms with E-state index in [1.54, 1.807) is 0 Å². The van der Waals surface area contributed by atoms with Gasteiger partial charge >= 0.3 is 0 Å². The van der Waals surface area contributed by atoms with Gasteiger partial charge in [0.2, 0.25) is 0 Å². The second kappa shape index (κ2) is 3.22. The molecule has 0 spiro atoms. The van der Waals surface area contributed by atoms with Crippen molar-refractivity contribution in [2.75, 3.05) is 6.16 Å². The van der Waals surface area contributed by atoms with Gasteiger partial charge in [0, 0.05) is 17.1 Å². The van der Waals surface area contributed by atoms with Gasteiger partial charge in [-0.05, 0) is 24.7 Å². The molecule has 1 aliphatic carbocycles. The van der Waals surface area contributed by atoms with Crippen LogP contribution in [-0.4, -0.2) is 11.8 Å². The van der Waals surface area contributed by atoms with Crippen molar-refractivity contribution in [1.82, 2.24) is 0 Å². The molecule has 1 nitrogen and oxygen atoms in total. The minimum atomic E-state index is -2.04. The van der Waals surface area contributed by atoms with Crippen LogP contribution < -0.4 is 5.30 Å². The number of benzene rings is 1. The molecule has 1 heterocycles. The molecule has 3 rings (SSSR count). The molecule has 0 aromatic heterocycles. The fourth-order valence-corrected chi connectivity index (χ4v) is 7.85. The van der Waals surface area contributed by atoms with Gasteiger partial charge in [-0.3, -0.25) is 0 Å². The highest BCUT2D eigenvalue weighted by Gasteiger charge is 2.53. The largest absolute Gasteiger partial charge is 0.318 e. The van der Waals surface area contributed by atoms with Crippen LogP contribution in [0.5, 0.6) is 0 Å². The van der Waals surface area contributed by atoms with Crippen LogP contribution in [0.2, 0.25) is 0 Å². The third-order valence-electron chi connectivity index (χ3n) is 4.42. The molecule has 15 heavy (non-hydrogen) atoms. The molecule has 0 radical (unpaired) electrons. The van der Waals surface area contributed by atoms with Crippen molar-refractivity contribution >= 4 is 12.4 Å². The van der Waals surface area contributed by atoms with Gasteiger partial charge in [-0.2, -0.15) is 0 Å². The predicted octanol–water partition coefficient (Wildman–Crippen LogP) is 3.10. The van der Waals surface area contributed by atoms with E-state index >= 15 is 0 Å². The Bertz CT molecular complexity index is 412. The lowest BCUT2D eigenvalue weighted by atomic mass is 10.0. The van der Waals surface area contributed by atoms with Crippen LogP contribution in [0.25, 0.3) is 0 Å². The summed E-state index contributed by atoms with van der Waals surface area (Å²) in [4.78, 5) is 0. The van der Waals surface area contributed by atoms with Crippen LogP contribution in [0.3, 0.4) is 0 Å². The molecule has 2 heteroatoms. The summed E-state index contributed by atoms with van der Waals surface area (Å²) >= 11 is 0. The number of rotatable bonds is 1. The normalized spacial score (nSPS) is 43.4. The number of fused-ring (bicyclic) bond motifs is 2. The molecule has 1 aliphatic heterocycles. The Hall–Kier alpha value is -0.550. The molecular formula is C13H17OP. The molecule has 2 fully saturated rings. The molecule has 1 saturated heterocycles. The summed E-state index contributed by atoms with van der Waals surface area (Å²) in [6, 6.07) is 10.2. The van der Waals surface area contributed by atoms with E-state index in [0.29, 0.717) is 11.6 Å². The summed E-state index contributed by atoms with van der Waals surface area (Å²) in [6.45, 7) is 2.30. The maximum atomic E-state index is 13.0. The van der Waals surface area contributed by atoms with E-state index < -0.39 is 7.14 Å². The Morgan fingerprint density at radius 2 is 1.93 bits per heavy atom. The van der Waals surface area contributed by atoms with E-state index in [1.165, 1.54) is 12.8 Å². The first-order chi connectivity index (χ1) is 7.22. The van der Waals surface area contributed by atoms with E-state index in [4.69, 9.17) is 0 Å². The highest BCUT2D eigenvalue weighted by molar-refractivity contribution is 7.72. The van der Waals surface area contributed by atoms with Crippen LogP contribution in [0, 0.1) is 11.8 Å². The van der Waals surface area contributed by atoms with Gasteiger partial charge in [-0.15, -0.1) is 0 Å². The van der Waals surface area contributed by atoms with Gasteiger partial charge in [0.15, 0.2) is 0 Å². The van der Waals surface area contributed by atoms with E-state index in [2.05, 4.69) is 19.1 Å². The minimum Gasteiger partial charge on any atom is -0.318 e. The zero-order chi connectivity index (χ0) is 10.5. The van der Waals surface area contributed by atoms with Gasteiger partial charge in [-0.25, -0.2) is 0 Å². The molecule has 4 atom stereocenters. The average Bonchev–Trinajstić information content (AvgIpc) is 2.74. The first kappa shape index (κ1) is 9.66. The first-order valence-electron chi connectivity index (χ1n) is 5.86. The Balaban J connectivity index is 2.04. The van der Waals surface area contributed by atoms with Crippen molar-refractivity contribution in [3.05, 3.63) is 30.3 Å². The number of hydrogen-bond acceptors (Lipinski definition) is 1. The minimum absolute atomic E-state index is 0.491. The number of hydrogen-bond donors (Lipinski definition) is 0. The van der Waals surface area contributed by atoms with E-state index in [9.17, 15) is 4.57 Å². The summed E-state index contributed by atoms with van der Waals surface area (Å²) in [5, 5.41) is 1.13. The topological polar surface area (TPSA) is 17.1 Å². The second-order valence-corrected chi connectivity index (χ2v) is 8.21. The lowest BCUT2D eigenvalue weighted by molar-refractivity contribution is 0.491. The van der Waals surface area contributed by atoms with Crippen molar-refractivity contribution in [3.8, 4) is 0 Å². The fraction of sp³-hybridized carbons (Fsp3) is 0.538. The fourth-order valence-electron chi connectivity index (χ4n) is 3.53. The molecule has 1 aromatic carbocycles. The maximum absolute atomic E-state index is 13.0. The zero-order valence-electron chi connectivity index (χ0n) is 9.10. The highest BCUT2D eigenvalue weighted by atomic mass is 31.2. The van der Waals surface area contributed by atoms with Crippen molar-refractivity contribution in [2.45, 2.75) is 25.4 Å². The third kappa shape index (κ3) is 1.26. The van der Waals surface area contributed by atoms with E-state index in [1.807, 2.05) is 18.2 Å². The lowest BCUT2D eigenvalue weighted by Gasteiger charge is -2.23. The molecule has 80 valence electrons. The second-order valence-electron chi connectivity index (χ2n) is 5.08. The monoisotopic (exact) mass is 220 g/mol. The predicted molar refractivity (Wildman–Crippen MR) is 64.2 cm³/mol. The molecular weight excluding hydrogens is 203 g/mol. The van der Waals surface area contributed by atoms with Crippen molar-refractivity contribution in [3.63, 3.8) is 0 Å². The SMILES string of the molecule is CC1C2CC[C@@H]1C[P@]2(=O)c1ccccc1. The van der Waals surface area contributed by atoms with E-state index in [-0.39, 0.29) is 0 Å². The smallest absolute Gasteiger partial charge is 0.119 e. The molecule has 1 saturated carbocycles. The Labute approximate surface area is 91.3 Å². The average molecular weight is 220 g/mol. The summed E-state index contributed by atoms with van der Waals surface area (Å²) < 4.78 is 13.0. The maximum Gasteiger partial charge on any atom is 0.119 e. The summed E-state index contributed by atoms with van der Waals surface area (Å²) in [7, 11) is -2.04. The molecule has 1 aromatic rings. The highest BCUT2D eigenvalue weighted by Crippen LogP contribution is 2.67. The molecule has 0 amide bonds. The van der Waals surface area contributed by atoms with Gasteiger partial charge in [0.25, 0.3) is 0 Å². The summed E-state index contributed by atoms with van der Waals surface area (Å²) in [5.41, 5.74) is 0.491.